The molecule has 2 aliphatic heterocycles. The topological polar surface area (TPSA) is 82.0 Å². The zero-order valence-electron chi connectivity index (χ0n) is 26.9. The van der Waals surface area contributed by atoms with E-state index in [-0.39, 0.29) is 25.9 Å². The minimum Gasteiger partial charge on any atom is -0.493 e. The number of hydrogen-bond donors (Lipinski definition) is 0. The second-order valence-electron chi connectivity index (χ2n) is 11.6. The van der Waals surface area contributed by atoms with Crippen LogP contribution in [-0.4, -0.2) is 71.7 Å². The lowest BCUT2D eigenvalue weighted by atomic mass is 9.87. The summed E-state index contributed by atoms with van der Waals surface area (Å²) >= 11 is 2.15. The SMILES string of the molecule is C.CCOC(=O)c1ccc(N2CCN(c3ccc(OC[C@@H]4CO[C@@](Cn5cncn5)(c5ccc(F)cc5F)C4)c(C)c3)CC2)cc1.CI. The van der Waals surface area contributed by atoms with E-state index < -0.39 is 17.2 Å². The quantitative estimate of drug-likeness (QED) is 0.0963. The van der Waals surface area contributed by atoms with Crippen molar-refractivity contribution in [3.63, 3.8) is 0 Å². The van der Waals surface area contributed by atoms with Gasteiger partial charge in [0.2, 0.25) is 0 Å². The molecule has 6 rings (SSSR count). The average Bonchev–Trinajstić information content (AvgIpc) is 3.76. The summed E-state index contributed by atoms with van der Waals surface area (Å²) in [6.07, 6.45) is 3.47. The number of anilines is 2. The number of alkyl halides is 1. The summed E-state index contributed by atoms with van der Waals surface area (Å²) in [6.45, 7) is 8.69. The third-order valence-corrected chi connectivity index (χ3v) is 8.54. The molecular formula is C36H44F2IN5O4. The first-order valence-corrected chi connectivity index (χ1v) is 17.8. The van der Waals surface area contributed by atoms with Crippen LogP contribution in [-0.2, 0) is 21.6 Å². The lowest BCUT2D eigenvalue weighted by molar-refractivity contribution is -0.0206. The summed E-state index contributed by atoms with van der Waals surface area (Å²) in [5, 5.41) is 4.18. The van der Waals surface area contributed by atoms with Crippen molar-refractivity contribution in [3.8, 4) is 5.75 Å². The van der Waals surface area contributed by atoms with Crippen molar-refractivity contribution in [1.29, 1.82) is 0 Å². The molecule has 0 radical (unpaired) electrons. The number of aryl methyl sites for hydroxylation is 1. The van der Waals surface area contributed by atoms with Crippen LogP contribution < -0.4 is 14.5 Å². The Balaban J connectivity index is 0.00000170. The van der Waals surface area contributed by atoms with Crippen LogP contribution in [0.15, 0.2) is 73.3 Å². The van der Waals surface area contributed by atoms with E-state index >= 15 is 0 Å². The van der Waals surface area contributed by atoms with Crippen LogP contribution in [0.4, 0.5) is 20.2 Å². The molecule has 2 aliphatic rings. The molecule has 3 aromatic carbocycles. The fraction of sp³-hybridized carbons (Fsp3) is 0.417. The largest absolute Gasteiger partial charge is 0.493 e. The van der Waals surface area contributed by atoms with Crippen molar-refractivity contribution in [2.45, 2.75) is 39.8 Å². The highest BCUT2D eigenvalue weighted by atomic mass is 127. The van der Waals surface area contributed by atoms with Gasteiger partial charge in [0.25, 0.3) is 0 Å². The van der Waals surface area contributed by atoms with E-state index in [1.165, 1.54) is 18.5 Å². The van der Waals surface area contributed by atoms with Gasteiger partial charge in [-0.3, -0.25) is 0 Å². The maximum atomic E-state index is 15.0. The third-order valence-electron chi connectivity index (χ3n) is 8.54. The first-order chi connectivity index (χ1) is 22.8. The van der Waals surface area contributed by atoms with E-state index in [0.29, 0.717) is 37.4 Å². The Kier molecular flexibility index (Phi) is 13.2. The number of benzene rings is 3. The molecule has 1 aromatic heterocycles. The van der Waals surface area contributed by atoms with Gasteiger partial charge in [0.15, 0.2) is 0 Å². The summed E-state index contributed by atoms with van der Waals surface area (Å²) in [6, 6.07) is 17.4. The normalized spacial score (nSPS) is 18.8. The molecule has 9 nitrogen and oxygen atoms in total. The van der Waals surface area contributed by atoms with Crippen molar-refractivity contribution in [2.24, 2.45) is 5.92 Å². The van der Waals surface area contributed by atoms with Gasteiger partial charge in [0, 0.05) is 55.1 Å². The summed E-state index contributed by atoms with van der Waals surface area (Å²) in [5.74, 6) is -0.786. The Morgan fingerprint density at radius 1 is 1.00 bits per heavy atom. The molecule has 0 bridgehead atoms. The fourth-order valence-corrected chi connectivity index (χ4v) is 6.23. The zero-order chi connectivity index (χ0) is 33.4. The van der Waals surface area contributed by atoms with E-state index in [4.69, 9.17) is 14.2 Å². The predicted octanol–water partition coefficient (Wildman–Crippen LogP) is 7.07. The second-order valence-corrected chi connectivity index (χ2v) is 11.6. The number of ether oxygens (including phenoxy) is 3. The zero-order valence-corrected chi connectivity index (χ0v) is 29.0. The predicted molar refractivity (Wildman–Crippen MR) is 192 cm³/mol. The number of halogens is 3. The highest BCUT2D eigenvalue weighted by Crippen LogP contribution is 2.42. The van der Waals surface area contributed by atoms with Gasteiger partial charge >= 0.3 is 5.97 Å². The summed E-state index contributed by atoms with van der Waals surface area (Å²) in [4.78, 5) is 22.6. The number of carbonyl (C=O) groups excluding carboxylic acids is 1. The molecule has 2 saturated heterocycles. The van der Waals surface area contributed by atoms with Gasteiger partial charge in [-0.15, -0.1) is 0 Å². The number of aromatic nitrogens is 3. The average molecular weight is 776 g/mol. The van der Waals surface area contributed by atoms with Gasteiger partial charge in [0.1, 0.15) is 35.6 Å². The lowest BCUT2D eigenvalue weighted by Crippen LogP contribution is -2.46. The van der Waals surface area contributed by atoms with Gasteiger partial charge in [-0.1, -0.05) is 36.1 Å². The van der Waals surface area contributed by atoms with Crippen molar-refractivity contribution in [1.82, 2.24) is 14.8 Å². The molecule has 0 spiro atoms. The van der Waals surface area contributed by atoms with Crippen LogP contribution >= 0.6 is 22.6 Å². The molecule has 0 unspecified atom stereocenters. The van der Waals surface area contributed by atoms with Crippen molar-refractivity contribution in [3.05, 3.63) is 102 Å². The number of carbonyl (C=O) groups is 1. The Morgan fingerprint density at radius 2 is 1.69 bits per heavy atom. The van der Waals surface area contributed by atoms with Gasteiger partial charge in [0.05, 0.1) is 31.9 Å². The number of rotatable bonds is 10. The molecule has 0 saturated carbocycles. The molecule has 2 fully saturated rings. The van der Waals surface area contributed by atoms with Crippen LogP contribution in [0.2, 0.25) is 0 Å². The Bertz CT molecular complexity index is 1620. The Morgan fingerprint density at radius 3 is 2.31 bits per heavy atom. The van der Waals surface area contributed by atoms with E-state index in [1.54, 1.807) is 17.9 Å². The molecular weight excluding hydrogens is 731 g/mol. The molecule has 0 amide bonds. The molecule has 12 heteroatoms. The summed E-state index contributed by atoms with van der Waals surface area (Å²) in [7, 11) is 0. The molecule has 48 heavy (non-hydrogen) atoms. The van der Waals surface area contributed by atoms with Crippen LogP contribution in [0, 0.1) is 24.5 Å². The molecule has 2 atom stereocenters. The number of esters is 1. The fourth-order valence-electron chi connectivity index (χ4n) is 6.23. The third kappa shape index (κ3) is 8.62. The van der Waals surface area contributed by atoms with Crippen LogP contribution in [0.25, 0.3) is 0 Å². The summed E-state index contributed by atoms with van der Waals surface area (Å²) < 4.78 is 47.9. The van der Waals surface area contributed by atoms with E-state index in [9.17, 15) is 13.6 Å². The highest BCUT2D eigenvalue weighted by molar-refractivity contribution is 14.1. The van der Waals surface area contributed by atoms with Crippen LogP contribution in [0.1, 0.15) is 42.3 Å². The standard InChI is InChI=1S/C34H37F2N5O4.CH3I.CH4/c1-3-43-33(42)26-4-7-28(8-5-26)39-12-14-40(15-13-39)29-9-11-32(24(2)16-29)44-19-25-18-34(45-20-25,21-41-23-37-22-38-41)30-10-6-27(35)17-31(30)36;1-2;/h4-11,16-17,22-23,25H,3,12-15,18-21H2,1-2H3;1H3;1H4/t25-,34+;;/m1../s1. The minimum atomic E-state index is -1.01. The molecule has 0 N–H and O–H groups in total. The number of piperazine rings is 1. The molecule has 258 valence electrons. The Labute approximate surface area is 295 Å². The van der Waals surface area contributed by atoms with E-state index in [2.05, 4.69) is 54.6 Å². The smallest absolute Gasteiger partial charge is 0.338 e. The van der Waals surface area contributed by atoms with Gasteiger partial charge in [-0.05, 0) is 79.3 Å². The van der Waals surface area contributed by atoms with Crippen LogP contribution in [0.3, 0.4) is 0 Å². The first kappa shape index (κ1) is 37.0. The van der Waals surface area contributed by atoms with Crippen molar-refractivity contribution >= 4 is 39.9 Å². The van der Waals surface area contributed by atoms with Crippen LogP contribution in [0.5, 0.6) is 5.75 Å². The maximum Gasteiger partial charge on any atom is 0.338 e. The maximum absolute atomic E-state index is 15.0. The monoisotopic (exact) mass is 775 g/mol. The second kappa shape index (κ2) is 17.0. The van der Waals surface area contributed by atoms with Crippen molar-refractivity contribution in [2.75, 3.05) is 60.7 Å². The highest BCUT2D eigenvalue weighted by Gasteiger charge is 2.44. The van der Waals surface area contributed by atoms with Gasteiger partial charge in [-0.25, -0.2) is 23.2 Å². The number of nitrogens with zero attached hydrogens (tertiary/aromatic N) is 5. The van der Waals surface area contributed by atoms with E-state index in [0.717, 1.165) is 54.9 Å². The van der Waals surface area contributed by atoms with Crippen molar-refractivity contribution < 1.29 is 27.8 Å². The first-order valence-electron chi connectivity index (χ1n) is 15.6. The Hall–Kier alpha value is -3.78. The summed E-state index contributed by atoms with van der Waals surface area (Å²) in [5.41, 5.74) is 3.11. The van der Waals surface area contributed by atoms with Gasteiger partial charge < -0.3 is 24.0 Å². The minimum absolute atomic E-state index is 0. The number of hydrogen-bond acceptors (Lipinski definition) is 8. The molecule has 0 aliphatic carbocycles. The molecule has 3 heterocycles. The lowest BCUT2D eigenvalue weighted by Gasteiger charge is -2.37. The van der Waals surface area contributed by atoms with E-state index in [1.807, 2.05) is 42.2 Å². The van der Waals surface area contributed by atoms with Gasteiger partial charge in [-0.2, -0.15) is 5.10 Å². The molecule has 4 aromatic rings.